The van der Waals surface area contributed by atoms with Gasteiger partial charge in [-0.15, -0.1) is 0 Å². The van der Waals surface area contributed by atoms with E-state index in [0.717, 1.165) is 11.1 Å². The van der Waals surface area contributed by atoms with Gasteiger partial charge in [-0.3, -0.25) is 4.79 Å². The van der Waals surface area contributed by atoms with Crippen molar-refractivity contribution in [3.63, 3.8) is 0 Å². The molecule has 6 nitrogen and oxygen atoms in total. The molecule has 2 rings (SSSR count). The average Bonchev–Trinajstić information content (AvgIpc) is 2.69. The second-order valence-corrected chi connectivity index (χ2v) is 6.57. The highest BCUT2D eigenvalue weighted by molar-refractivity contribution is 5.80. The normalized spacial score (nSPS) is 12.7. The summed E-state index contributed by atoms with van der Waals surface area (Å²) in [5, 5.41) is 2.65. The molecule has 0 aromatic heterocycles. The molecule has 27 heavy (non-hydrogen) atoms. The van der Waals surface area contributed by atoms with Gasteiger partial charge < -0.3 is 20.5 Å². The topological polar surface area (TPSA) is 90.6 Å². The molecule has 0 aliphatic carbocycles. The fraction of sp³-hybridized carbons (Fsp3) is 0.333. The molecule has 0 fully saturated rings. The van der Waals surface area contributed by atoms with Crippen LogP contribution in [0.2, 0.25) is 0 Å². The van der Waals surface area contributed by atoms with Crippen LogP contribution in [0.1, 0.15) is 30.9 Å². The first-order valence-electron chi connectivity index (χ1n) is 8.92. The summed E-state index contributed by atoms with van der Waals surface area (Å²) >= 11 is 0. The van der Waals surface area contributed by atoms with Crippen LogP contribution in [0.15, 0.2) is 60.7 Å². The molecule has 0 bridgehead atoms. The van der Waals surface area contributed by atoms with Gasteiger partial charge in [-0.2, -0.15) is 0 Å². The molecule has 0 spiro atoms. The van der Waals surface area contributed by atoms with Crippen molar-refractivity contribution in [3.8, 4) is 0 Å². The van der Waals surface area contributed by atoms with E-state index in [0.29, 0.717) is 19.4 Å². The number of esters is 1. The highest BCUT2D eigenvalue weighted by atomic mass is 16.5. The van der Waals surface area contributed by atoms with Crippen molar-refractivity contribution in [1.29, 1.82) is 0 Å². The van der Waals surface area contributed by atoms with Gasteiger partial charge >= 0.3 is 12.1 Å². The molecule has 1 amide bonds. The van der Waals surface area contributed by atoms with Crippen molar-refractivity contribution in [2.24, 2.45) is 5.73 Å². The van der Waals surface area contributed by atoms with Crippen molar-refractivity contribution < 1.29 is 19.1 Å². The van der Waals surface area contributed by atoms with E-state index in [1.165, 1.54) is 0 Å². The zero-order valence-electron chi connectivity index (χ0n) is 15.5. The first-order valence-corrected chi connectivity index (χ1v) is 8.92. The fourth-order valence-corrected chi connectivity index (χ4v) is 2.41. The first-order chi connectivity index (χ1) is 13.0. The van der Waals surface area contributed by atoms with Gasteiger partial charge in [0, 0.05) is 6.54 Å². The summed E-state index contributed by atoms with van der Waals surface area (Å²) in [6.07, 6.45) is 0.428. The number of carbonyl (C=O) groups is 2. The minimum Gasteiger partial charge on any atom is -0.459 e. The largest absolute Gasteiger partial charge is 0.459 e. The number of carbonyl (C=O) groups excluding carboxylic acids is 2. The summed E-state index contributed by atoms with van der Waals surface area (Å²) < 4.78 is 10.4. The number of amides is 1. The lowest BCUT2D eigenvalue weighted by atomic mass is 9.97. The van der Waals surface area contributed by atoms with Gasteiger partial charge in [0.15, 0.2) is 0 Å². The lowest BCUT2D eigenvalue weighted by Gasteiger charge is -2.22. The van der Waals surface area contributed by atoms with Crippen molar-refractivity contribution in [2.45, 2.75) is 38.5 Å². The second-order valence-electron chi connectivity index (χ2n) is 6.57. The Morgan fingerprint density at radius 3 is 2.00 bits per heavy atom. The van der Waals surface area contributed by atoms with Gasteiger partial charge in [0.1, 0.15) is 18.8 Å². The quantitative estimate of drug-likeness (QED) is 0.523. The summed E-state index contributed by atoms with van der Waals surface area (Å²) in [6, 6.07) is 18.9. The van der Waals surface area contributed by atoms with Crippen LogP contribution >= 0.6 is 0 Å². The van der Waals surface area contributed by atoms with E-state index in [9.17, 15) is 9.59 Å². The lowest BCUT2D eigenvalue weighted by molar-refractivity contribution is -0.151. The van der Waals surface area contributed by atoms with Gasteiger partial charge in [0.05, 0.1) is 0 Å². The molecule has 0 heterocycles. The van der Waals surface area contributed by atoms with E-state index in [4.69, 9.17) is 15.2 Å². The van der Waals surface area contributed by atoms with Gasteiger partial charge in [0.25, 0.3) is 0 Å². The van der Waals surface area contributed by atoms with Crippen LogP contribution in [-0.4, -0.2) is 24.1 Å². The molecular weight excluding hydrogens is 344 g/mol. The summed E-state index contributed by atoms with van der Waals surface area (Å²) in [5.41, 5.74) is 6.78. The summed E-state index contributed by atoms with van der Waals surface area (Å²) in [4.78, 5) is 23.8. The smallest absolute Gasteiger partial charge is 0.407 e. The maximum Gasteiger partial charge on any atom is 0.407 e. The predicted octanol–water partition coefficient (Wildman–Crippen LogP) is 3.15. The van der Waals surface area contributed by atoms with Crippen molar-refractivity contribution in [3.05, 3.63) is 71.8 Å². The van der Waals surface area contributed by atoms with Gasteiger partial charge in [-0.25, -0.2) is 4.79 Å². The predicted molar refractivity (Wildman–Crippen MR) is 103 cm³/mol. The van der Waals surface area contributed by atoms with Crippen LogP contribution in [-0.2, 0) is 27.5 Å². The van der Waals surface area contributed by atoms with E-state index >= 15 is 0 Å². The third-order valence-electron chi connectivity index (χ3n) is 4.03. The SMILES string of the molecule is C[C@@](N)(CCCNC(=O)OCc1ccccc1)C(=O)OCc1ccccc1. The highest BCUT2D eigenvalue weighted by Crippen LogP contribution is 2.12. The number of ether oxygens (including phenoxy) is 2. The summed E-state index contributed by atoms with van der Waals surface area (Å²) in [6.45, 7) is 2.41. The van der Waals surface area contributed by atoms with E-state index in [1.807, 2.05) is 60.7 Å². The Morgan fingerprint density at radius 1 is 0.926 bits per heavy atom. The van der Waals surface area contributed by atoms with Crippen LogP contribution in [0.3, 0.4) is 0 Å². The molecule has 2 aromatic carbocycles. The molecule has 0 aliphatic rings. The first kappa shape index (κ1) is 20.5. The Kier molecular flexibility index (Phi) is 7.82. The number of nitrogens with two attached hydrogens (primary N) is 1. The molecule has 144 valence electrons. The Bertz CT molecular complexity index is 717. The molecule has 1 atom stereocenters. The van der Waals surface area contributed by atoms with E-state index in [-0.39, 0.29) is 13.2 Å². The number of alkyl carbamates (subject to hydrolysis) is 1. The van der Waals surface area contributed by atoms with Crippen LogP contribution < -0.4 is 11.1 Å². The Balaban J connectivity index is 1.62. The van der Waals surface area contributed by atoms with Crippen molar-refractivity contribution >= 4 is 12.1 Å². The van der Waals surface area contributed by atoms with Crippen molar-refractivity contribution in [1.82, 2.24) is 5.32 Å². The highest BCUT2D eigenvalue weighted by Gasteiger charge is 2.29. The summed E-state index contributed by atoms with van der Waals surface area (Å²) in [7, 11) is 0. The van der Waals surface area contributed by atoms with Crippen molar-refractivity contribution in [2.75, 3.05) is 6.54 Å². The lowest BCUT2D eigenvalue weighted by Crippen LogP contribution is -2.46. The average molecular weight is 370 g/mol. The minimum atomic E-state index is -1.11. The fourth-order valence-electron chi connectivity index (χ4n) is 2.41. The van der Waals surface area contributed by atoms with Crippen LogP contribution in [0.5, 0.6) is 0 Å². The zero-order chi connectivity index (χ0) is 19.5. The molecule has 0 saturated heterocycles. The number of hydrogen-bond acceptors (Lipinski definition) is 5. The third kappa shape index (κ3) is 7.50. The molecule has 6 heteroatoms. The van der Waals surface area contributed by atoms with Gasteiger partial charge in [0.2, 0.25) is 0 Å². The standard InChI is InChI=1S/C21H26N2O4/c1-21(22,19(24)26-15-17-9-4-2-5-10-17)13-8-14-23-20(25)27-16-18-11-6-3-7-12-18/h2-7,9-12H,8,13-16,22H2,1H3,(H,23,25)/t21-/m1/s1. The zero-order valence-corrected chi connectivity index (χ0v) is 15.5. The van der Waals surface area contributed by atoms with E-state index < -0.39 is 17.6 Å². The molecule has 0 aliphatic heterocycles. The van der Waals surface area contributed by atoms with Crippen LogP contribution in [0, 0.1) is 0 Å². The number of nitrogens with one attached hydrogen (secondary N) is 1. The Hall–Kier alpha value is -2.86. The number of hydrogen-bond donors (Lipinski definition) is 2. The molecule has 0 radical (unpaired) electrons. The Labute approximate surface area is 159 Å². The summed E-state index contributed by atoms with van der Waals surface area (Å²) in [5.74, 6) is -0.460. The van der Waals surface area contributed by atoms with Gasteiger partial charge in [-0.1, -0.05) is 60.7 Å². The molecule has 0 unspecified atom stereocenters. The minimum absolute atomic E-state index is 0.191. The number of rotatable bonds is 9. The molecule has 0 saturated carbocycles. The molecular formula is C21H26N2O4. The van der Waals surface area contributed by atoms with Crippen LogP contribution in [0.4, 0.5) is 4.79 Å². The monoisotopic (exact) mass is 370 g/mol. The maximum atomic E-state index is 12.2. The van der Waals surface area contributed by atoms with E-state index in [2.05, 4.69) is 5.32 Å². The molecule has 2 aromatic rings. The van der Waals surface area contributed by atoms with E-state index in [1.54, 1.807) is 6.92 Å². The Morgan fingerprint density at radius 2 is 1.44 bits per heavy atom. The third-order valence-corrected chi connectivity index (χ3v) is 4.03. The van der Waals surface area contributed by atoms with Crippen LogP contribution in [0.25, 0.3) is 0 Å². The maximum absolute atomic E-state index is 12.2. The number of benzene rings is 2. The second kappa shape index (κ2) is 10.3. The molecule has 3 N–H and O–H groups in total. The van der Waals surface area contributed by atoms with Gasteiger partial charge in [-0.05, 0) is 30.9 Å².